The molecule has 74 valence electrons. The fraction of sp³-hybridized carbons (Fsp3) is 0.182. The van der Waals surface area contributed by atoms with Gasteiger partial charge in [0.25, 0.3) is 5.91 Å². The number of aryl methyl sites for hydroxylation is 1. The molecule has 3 nitrogen and oxygen atoms in total. The van der Waals surface area contributed by atoms with E-state index in [9.17, 15) is 4.79 Å². The lowest BCUT2D eigenvalue weighted by Gasteiger charge is -1.99. The molecule has 0 aliphatic rings. The van der Waals surface area contributed by atoms with Crippen LogP contribution in [0.5, 0.6) is 0 Å². The molecule has 0 fully saturated rings. The van der Waals surface area contributed by atoms with Crippen molar-refractivity contribution in [1.29, 1.82) is 0 Å². The number of hydrogen-bond donors (Lipinski definition) is 2. The third-order valence-corrected chi connectivity index (χ3v) is 1.97. The molecule has 0 bridgehead atoms. The van der Waals surface area contributed by atoms with E-state index in [-0.39, 0.29) is 5.70 Å². The maximum atomic E-state index is 10.7. The van der Waals surface area contributed by atoms with Crippen molar-refractivity contribution < 1.29 is 4.79 Å². The minimum atomic E-state index is -0.591. The molecular formula is C11H14N2O. The summed E-state index contributed by atoms with van der Waals surface area (Å²) < 4.78 is 0. The van der Waals surface area contributed by atoms with Gasteiger partial charge in [-0.2, -0.15) is 0 Å². The summed E-state index contributed by atoms with van der Waals surface area (Å²) in [7, 11) is 0. The molecule has 1 rings (SSSR count). The molecule has 0 aromatic heterocycles. The summed E-state index contributed by atoms with van der Waals surface area (Å²) in [4.78, 5) is 10.7. The summed E-state index contributed by atoms with van der Waals surface area (Å²) in [5.74, 6) is -0.591. The van der Waals surface area contributed by atoms with Gasteiger partial charge in [-0.15, -0.1) is 0 Å². The molecule has 0 radical (unpaired) electrons. The average Bonchev–Trinajstić information content (AvgIpc) is 2.18. The molecular weight excluding hydrogens is 176 g/mol. The van der Waals surface area contributed by atoms with Gasteiger partial charge in [0.05, 0.1) is 5.70 Å². The predicted octanol–water partition coefficient (Wildman–Crippen LogP) is 1.03. The Bertz CT molecular complexity index is 369. The van der Waals surface area contributed by atoms with Gasteiger partial charge >= 0.3 is 0 Å². The zero-order valence-corrected chi connectivity index (χ0v) is 8.16. The Kier molecular flexibility index (Phi) is 3.29. The van der Waals surface area contributed by atoms with Gasteiger partial charge in [0.1, 0.15) is 0 Å². The monoisotopic (exact) mass is 190 g/mol. The third-order valence-electron chi connectivity index (χ3n) is 1.97. The summed E-state index contributed by atoms with van der Waals surface area (Å²) in [5.41, 5.74) is 12.6. The second kappa shape index (κ2) is 4.46. The lowest BCUT2D eigenvalue weighted by Crippen LogP contribution is -2.19. The maximum Gasteiger partial charge on any atom is 0.264 e. The third kappa shape index (κ3) is 2.62. The van der Waals surface area contributed by atoms with Crippen LogP contribution < -0.4 is 11.5 Å². The first-order chi connectivity index (χ1) is 6.63. The van der Waals surface area contributed by atoms with E-state index in [0.717, 1.165) is 12.0 Å². The van der Waals surface area contributed by atoms with Crippen molar-refractivity contribution >= 4 is 12.0 Å². The van der Waals surface area contributed by atoms with Crippen molar-refractivity contribution in [2.24, 2.45) is 11.5 Å². The summed E-state index contributed by atoms with van der Waals surface area (Å²) in [6.45, 7) is 2.07. The molecule has 0 aliphatic carbocycles. The molecule has 0 atom stereocenters. The molecule has 0 saturated heterocycles. The highest BCUT2D eigenvalue weighted by atomic mass is 16.1. The molecule has 4 N–H and O–H groups in total. The normalized spacial score (nSPS) is 11.4. The number of hydrogen-bond acceptors (Lipinski definition) is 2. The van der Waals surface area contributed by atoms with Crippen LogP contribution >= 0.6 is 0 Å². The van der Waals surface area contributed by atoms with E-state index >= 15 is 0 Å². The molecule has 14 heavy (non-hydrogen) atoms. The standard InChI is InChI=1S/C11H14N2O/c1-2-8-4-3-5-9(6-8)7-10(12)11(13)14/h3-7H,2,12H2,1H3,(H2,13,14)/b10-7-. The summed E-state index contributed by atoms with van der Waals surface area (Å²) >= 11 is 0. The Balaban J connectivity index is 2.97. The fourth-order valence-corrected chi connectivity index (χ4v) is 1.15. The molecule has 0 heterocycles. The number of carbonyl (C=O) groups excluding carboxylic acids is 1. The number of benzene rings is 1. The van der Waals surface area contributed by atoms with E-state index in [1.54, 1.807) is 6.08 Å². The van der Waals surface area contributed by atoms with Crippen LogP contribution in [0.15, 0.2) is 30.0 Å². The van der Waals surface area contributed by atoms with Crippen LogP contribution in [-0.4, -0.2) is 5.91 Å². The van der Waals surface area contributed by atoms with Crippen molar-refractivity contribution in [1.82, 2.24) is 0 Å². The zero-order chi connectivity index (χ0) is 10.6. The van der Waals surface area contributed by atoms with E-state index in [2.05, 4.69) is 6.92 Å². The fourth-order valence-electron chi connectivity index (χ4n) is 1.15. The second-order valence-corrected chi connectivity index (χ2v) is 3.06. The minimum Gasteiger partial charge on any atom is -0.394 e. The molecule has 0 saturated carbocycles. The first-order valence-corrected chi connectivity index (χ1v) is 4.49. The van der Waals surface area contributed by atoms with Crippen LogP contribution in [0.1, 0.15) is 18.1 Å². The lowest BCUT2D eigenvalue weighted by atomic mass is 10.1. The molecule has 0 unspecified atom stereocenters. The Labute approximate surface area is 83.4 Å². The zero-order valence-electron chi connectivity index (χ0n) is 8.16. The molecule has 1 aromatic rings. The van der Waals surface area contributed by atoms with Crippen molar-refractivity contribution in [3.63, 3.8) is 0 Å². The first-order valence-electron chi connectivity index (χ1n) is 4.49. The highest BCUT2D eigenvalue weighted by molar-refractivity contribution is 5.95. The van der Waals surface area contributed by atoms with E-state index in [4.69, 9.17) is 11.5 Å². The number of carbonyl (C=O) groups is 1. The van der Waals surface area contributed by atoms with Gasteiger partial charge in [0.2, 0.25) is 0 Å². The highest BCUT2D eigenvalue weighted by Gasteiger charge is 1.98. The van der Waals surface area contributed by atoms with Gasteiger partial charge in [0, 0.05) is 0 Å². The SMILES string of the molecule is CCc1cccc(/C=C(\N)C(N)=O)c1. The van der Waals surface area contributed by atoms with Gasteiger partial charge in [0.15, 0.2) is 0 Å². The van der Waals surface area contributed by atoms with Gasteiger partial charge < -0.3 is 11.5 Å². The quantitative estimate of drug-likeness (QED) is 0.699. The first kappa shape index (κ1) is 10.3. The smallest absolute Gasteiger partial charge is 0.264 e. The van der Waals surface area contributed by atoms with Crippen LogP contribution in [-0.2, 0) is 11.2 Å². The number of rotatable bonds is 3. The van der Waals surface area contributed by atoms with Gasteiger partial charge in [-0.05, 0) is 23.6 Å². The Morgan fingerprint density at radius 3 is 2.71 bits per heavy atom. The number of primary amides is 1. The molecule has 1 aromatic carbocycles. The average molecular weight is 190 g/mol. The van der Waals surface area contributed by atoms with Gasteiger partial charge in [-0.1, -0.05) is 31.2 Å². The Hall–Kier alpha value is -1.77. The van der Waals surface area contributed by atoms with Gasteiger partial charge in [-0.3, -0.25) is 4.79 Å². The molecule has 0 spiro atoms. The van der Waals surface area contributed by atoms with Crippen molar-refractivity contribution in [2.45, 2.75) is 13.3 Å². The largest absolute Gasteiger partial charge is 0.394 e. The summed E-state index contributed by atoms with van der Waals surface area (Å²) in [6.07, 6.45) is 2.54. The maximum absolute atomic E-state index is 10.7. The summed E-state index contributed by atoms with van der Waals surface area (Å²) in [6, 6.07) is 7.82. The Morgan fingerprint density at radius 1 is 1.43 bits per heavy atom. The van der Waals surface area contributed by atoms with E-state index in [0.29, 0.717) is 0 Å². The van der Waals surface area contributed by atoms with E-state index < -0.39 is 5.91 Å². The number of nitrogens with two attached hydrogens (primary N) is 2. The van der Waals surface area contributed by atoms with Crippen LogP contribution in [0, 0.1) is 0 Å². The van der Waals surface area contributed by atoms with Crippen LogP contribution in [0.4, 0.5) is 0 Å². The molecule has 3 heteroatoms. The second-order valence-electron chi connectivity index (χ2n) is 3.06. The minimum absolute atomic E-state index is 0.0817. The van der Waals surface area contributed by atoms with E-state index in [1.165, 1.54) is 5.56 Å². The molecule has 0 aliphatic heterocycles. The molecule has 1 amide bonds. The van der Waals surface area contributed by atoms with Gasteiger partial charge in [-0.25, -0.2) is 0 Å². The summed E-state index contributed by atoms with van der Waals surface area (Å²) in [5, 5.41) is 0. The highest BCUT2D eigenvalue weighted by Crippen LogP contribution is 2.08. The van der Waals surface area contributed by atoms with Crippen molar-refractivity contribution in [3.05, 3.63) is 41.1 Å². The van der Waals surface area contributed by atoms with Crippen LogP contribution in [0.25, 0.3) is 6.08 Å². The topological polar surface area (TPSA) is 69.1 Å². The van der Waals surface area contributed by atoms with Crippen molar-refractivity contribution in [2.75, 3.05) is 0 Å². The van der Waals surface area contributed by atoms with E-state index in [1.807, 2.05) is 24.3 Å². The van der Waals surface area contributed by atoms with Crippen LogP contribution in [0.2, 0.25) is 0 Å². The predicted molar refractivity (Wildman–Crippen MR) is 57.2 cm³/mol. The van der Waals surface area contributed by atoms with Crippen molar-refractivity contribution in [3.8, 4) is 0 Å². The Morgan fingerprint density at radius 2 is 2.14 bits per heavy atom. The lowest BCUT2D eigenvalue weighted by molar-refractivity contribution is -0.114. The number of amides is 1. The van der Waals surface area contributed by atoms with Crippen LogP contribution in [0.3, 0.4) is 0 Å².